The van der Waals surface area contributed by atoms with Gasteiger partial charge in [0.05, 0.1) is 5.60 Å². The topological polar surface area (TPSA) is 47.3 Å². The van der Waals surface area contributed by atoms with Crippen molar-refractivity contribution in [2.75, 3.05) is 7.11 Å². The highest BCUT2D eigenvalue weighted by Crippen LogP contribution is 2.17. The second-order valence-corrected chi connectivity index (χ2v) is 3.62. The molecule has 1 atom stereocenters. The SMILES string of the molecule is C#CCCCC(NN)C(C)(C)OC. The molecule has 76 valence electrons. The summed E-state index contributed by atoms with van der Waals surface area (Å²) >= 11 is 0. The molecule has 0 aliphatic carbocycles. The minimum Gasteiger partial charge on any atom is -0.377 e. The maximum Gasteiger partial charge on any atom is 0.0788 e. The Morgan fingerprint density at radius 3 is 2.62 bits per heavy atom. The van der Waals surface area contributed by atoms with E-state index in [-0.39, 0.29) is 11.6 Å². The zero-order valence-electron chi connectivity index (χ0n) is 8.76. The van der Waals surface area contributed by atoms with E-state index in [0.29, 0.717) is 0 Å². The zero-order chi connectivity index (χ0) is 10.3. The van der Waals surface area contributed by atoms with Crippen molar-refractivity contribution in [2.45, 2.75) is 44.8 Å². The van der Waals surface area contributed by atoms with Crippen LogP contribution < -0.4 is 11.3 Å². The molecule has 0 aliphatic heterocycles. The van der Waals surface area contributed by atoms with Crippen molar-refractivity contribution in [3.05, 3.63) is 0 Å². The van der Waals surface area contributed by atoms with Crippen LogP contribution in [0.25, 0.3) is 0 Å². The molecule has 0 saturated carbocycles. The predicted octanol–water partition coefficient (Wildman–Crippen LogP) is 1.05. The van der Waals surface area contributed by atoms with Gasteiger partial charge in [0.25, 0.3) is 0 Å². The van der Waals surface area contributed by atoms with E-state index in [2.05, 4.69) is 11.3 Å². The Morgan fingerprint density at radius 2 is 2.23 bits per heavy atom. The maximum absolute atomic E-state index is 5.44. The first-order valence-electron chi connectivity index (χ1n) is 4.53. The molecule has 0 bridgehead atoms. The third-order valence-corrected chi connectivity index (χ3v) is 2.38. The first kappa shape index (κ1) is 12.4. The lowest BCUT2D eigenvalue weighted by molar-refractivity contribution is -0.0129. The number of ether oxygens (including phenoxy) is 1. The first-order chi connectivity index (χ1) is 6.08. The summed E-state index contributed by atoms with van der Waals surface area (Å²) in [7, 11) is 1.69. The monoisotopic (exact) mass is 184 g/mol. The van der Waals surface area contributed by atoms with Gasteiger partial charge >= 0.3 is 0 Å². The normalized spacial score (nSPS) is 13.8. The first-order valence-corrected chi connectivity index (χ1v) is 4.53. The molecule has 1 unspecified atom stereocenters. The van der Waals surface area contributed by atoms with Crippen LogP contribution in [0.3, 0.4) is 0 Å². The van der Waals surface area contributed by atoms with Crippen LogP contribution >= 0.6 is 0 Å². The van der Waals surface area contributed by atoms with Crippen LogP contribution in [0, 0.1) is 12.3 Å². The van der Waals surface area contributed by atoms with E-state index in [4.69, 9.17) is 17.0 Å². The summed E-state index contributed by atoms with van der Waals surface area (Å²) in [5.74, 6) is 8.04. The Bertz CT molecular complexity index is 172. The molecule has 0 spiro atoms. The van der Waals surface area contributed by atoms with Gasteiger partial charge in [-0.15, -0.1) is 12.3 Å². The fourth-order valence-electron chi connectivity index (χ4n) is 1.18. The van der Waals surface area contributed by atoms with Crippen LogP contribution in [0.4, 0.5) is 0 Å². The van der Waals surface area contributed by atoms with E-state index in [1.54, 1.807) is 7.11 Å². The molecule has 0 radical (unpaired) electrons. The molecule has 0 aliphatic rings. The summed E-state index contributed by atoms with van der Waals surface area (Å²) in [6.07, 6.45) is 7.86. The van der Waals surface area contributed by atoms with Gasteiger partial charge in [-0.05, 0) is 26.7 Å². The predicted molar refractivity (Wildman–Crippen MR) is 54.9 cm³/mol. The highest BCUT2D eigenvalue weighted by Gasteiger charge is 2.27. The maximum atomic E-state index is 5.44. The summed E-state index contributed by atoms with van der Waals surface area (Å²) in [5.41, 5.74) is 2.51. The van der Waals surface area contributed by atoms with Gasteiger partial charge in [0.1, 0.15) is 0 Å². The second kappa shape index (κ2) is 5.98. The number of nitrogens with two attached hydrogens (primary N) is 1. The lowest BCUT2D eigenvalue weighted by Crippen LogP contribution is -2.50. The number of rotatable bonds is 6. The average molecular weight is 184 g/mol. The summed E-state index contributed by atoms with van der Waals surface area (Å²) in [4.78, 5) is 0. The Kier molecular flexibility index (Phi) is 5.72. The number of hydrazine groups is 1. The Balaban J connectivity index is 3.96. The number of nitrogens with one attached hydrogen (secondary N) is 1. The molecule has 0 heterocycles. The van der Waals surface area contributed by atoms with Crippen LogP contribution in [0.5, 0.6) is 0 Å². The highest BCUT2D eigenvalue weighted by molar-refractivity contribution is 4.87. The molecule has 0 aromatic heterocycles. The number of hydrogen-bond acceptors (Lipinski definition) is 3. The molecule has 0 saturated heterocycles. The Labute approximate surface area is 81.0 Å². The van der Waals surface area contributed by atoms with Crippen LogP contribution in [-0.2, 0) is 4.74 Å². The van der Waals surface area contributed by atoms with Crippen molar-refractivity contribution in [1.29, 1.82) is 0 Å². The van der Waals surface area contributed by atoms with Crippen molar-refractivity contribution < 1.29 is 4.74 Å². The molecule has 3 N–H and O–H groups in total. The van der Waals surface area contributed by atoms with Crippen molar-refractivity contribution in [3.8, 4) is 12.3 Å². The number of unbranched alkanes of at least 4 members (excludes halogenated alkanes) is 1. The van der Waals surface area contributed by atoms with Gasteiger partial charge in [-0.25, -0.2) is 0 Å². The largest absolute Gasteiger partial charge is 0.377 e. The van der Waals surface area contributed by atoms with E-state index >= 15 is 0 Å². The molecule has 0 amide bonds. The average Bonchev–Trinajstić information content (AvgIpc) is 2.12. The zero-order valence-corrected chi connectivity index (χ0v) is 8.76. The summed E-state index contributed by atoms with van der Waals surface area (Å²) < 4.78 is 5.33. The highest BCUT2D eigenvalue weighted by atomic mass is 16.5. The minimum atomic E-state index is -0.247. The Hall–Kier alpha value is -0.560. The quantitative estimate of drug-likeness (QED) is 0.281. The van der Waals surface area contributed by atoms with Crippen LogP contribution in [0.15, 0.2) is 0 Å². The molecule has 0 aromatic rings. The van der Waals surface area contributed by atoms with Crippen molar-refractivity contribution in [1.82, 2.24) is 5.43 Å². The van der Waals surface area contributed by atoms with E-state index in [1.165, 1.54) is 0 Å². The standard InChI is InChI=1S/C10H20N2O/c1-5-6-7-8-9(12-11)10(2,3)13-4/h1,9,12H,6-8,11H2,2-4H3. The van der Waals surface area contributed by atoms with Gasteiger partial charge in [0.15, 0.2) is 0 Å². The summed E-state index contributed by atoms with van der Waals surface area (Å²) in [6.45, 7) is 4.01. The smallest absolute Gasteiger partial charge is 0.0788 e. The molecular formula is C10H20N2O. The summed E-state index contributed by atoms with van der Waals surface area (Å²) in [5, 5.41) is 0. The van der Waals surface area contributed by atoms with Crippen molar-refractivity contribution in [2.24, 2.45) is 5.84 Å². The molecule has 0 fully saturated rings. The molecule has 0 aromatic carbocycles. The second-order valence-electron chi connectivity index (χ2n) is 3.62. The number of terminal acetylenes is 1. The summed E-state index contributed by atoms with van der Waals surface area (Å²) in [6, 6.07) is 0.144. The molecular weight excluding hydrogens is 164 g/mol. The van der Waals surface area contributed by atoms with Gasteiger partial charge in [-0.3, -0.25) is 11.3 Å². The Morgan fingerprint density at radius 1 is 1.62 bits per heavy atom. The van der Waals surface area contributed by atoms with Gasteiger partial charge in [-0.2, -0.15) is 0 Å². The third-order valence-electron chi connectivity index (χ3n) is 2.38. The van der Waals surface area contributed by atoms with E-state index < -0.39 is 0 Å². The van der Waals surface area contributed by atoms with Crippen molar-refractivity contribution >= 4 is 0 Å². The van der Waals surface area contributed by atoms with Crippen LogP contribution in [0.1, 0.15) is 33.1 Å². The van der Waals surface area contributed by atoms with Gasteiger partial charge < -0.3 is 4.74 Å². The van der Waals surface area contributed by atoms with Gasteiger partial charge in [0.2, 0.25) is 0 Å². The van der Waals surface area contributed by atoms with E-state index in [0.717, 1.165) is 19.3 Å². The number of hydrogen-bond donors (Lipinski definition) is 2. The van der Waals surface area contributed by atoms with Gasteiger partial charge in [0, 0.05) is 19.6 Å². The number of methoxy groups -OCH3 is 1. The van der Waals surface area contributed by atoms with E-state index in [9.17, 15) is 0 Å². The fraction of sp³-hybridized carbons (Fsp3) is 0.800. The fourth-order valence-corrected chi connectivity index (χ4v) is 1.18. The van der Waals surface area contributed by atoms with E-state index in [1.807, 2.05) is 13.8 Å². The lowest BCUT2D eigenvalue weighted by atomic mass is 9.94. The molecule has 3 nitrogen and oxygen atoms in total. The molecule has 3 heteroatoms. The third kappa shape index (κ3) is 4.28. The molecule has 13 heavy (non-hydrogen) atoms. The van der Waals surface area contributed by atoms with Crippen LogP contribution in [0.2, 0.25) is 0 Å². The lowest BCUT2D eigenvalue weighted by Gasteiger charge is -2.32. The van der Waals surface area contributed by atoms with Gasteiger partial charge in [-0.1, -0.05) is 0 Å². The minimum absolute atomic E-state index is 0.144. The molecule has 0 rings (SSSR count). The van der Waals surface area contributed by atoms with Crippen LogP contribution in [-0.4, -0.2) is 18.8 Å². The van der Waals surface area contributed by atoms with Crippen molar-refractivity contribution in [3.63, 3.8) is 0 Å².